The third kappa shape index (κ3) is 2.31. The number of aromatic nitrogens is 1. The van der Waals surface area contributed by atoms with E-state index in [1.165, 1.54) is 5.56 Å². The van der Waals surface area contributed by atoms with Gasteiger partial charge in [-0.05, 0) is 17.0 Å². The predicted molar refractivity (Wildman–Crippen MR) is 75.7 cm³/mol. The minimum atomic E-state index is 0.477. The van der Waals surface area contributed by atoms with Gasteiger partial charge in [0.15, 0.2) is 0 Å². The molecule has 0 N–H and O–H groups in total. The zero-order valence-electron chi connectivity index (χ0n) is 10.4. The van der Waals surface area contributed by atoms with Crippen LogP contribution in [0, 0.1) is 11.3 Å². The summed E-state index contributed by atoms with van der Waals surface area (Å²) >= 11 is 0. The summed E-state index contributed by atoms with van der Waals surface area (Å²) in [7, 11) is 0. The van der Waals surface area contributed by atoms with Gasteiger partial charge in [-0.1, -0.05) is 54.6 Å². The molecule has 90 valence electrons. The Morgan fingerprint density at radius 3 is 2.47 bits per heavy atom. The van der Waals surface area contributed by atoms with Gasteiger partial charge in [0.1, 0.15) is 11.8 Å². The molecule has 0 spiro atoms. The third-order valence-electron chi connectivity index (χ3n) is 3.15. The van der Waals surface area contributed by atoms with Crippen LogP contribution in [0.3, 0.4) is 0 Å². The molecule has 3 aromatic rings. The lowest BCUT2D eigenvalue weighted by Crippen LogP contribution is -1.96. The highest BCUT2D eigenvalue weighted by molar-refractivity contribution is 5.85. The molecule has 0 bridgehead atoms. The van der Waals surface area contributed by atoms with Crippen molar-refractivity contribution in [3.63, 3.8) is 0 Å². The first-order valence-corrected chi connectivity index (χ1v) is 6.19. The molecule has 1 heterocycles. The summed E-state index contributed by atoms with van der Waals surface area (Å²) in [4.78, 5) is 4.45. The maximum absolute atomic E-state index is 9.08. The Labute approximate surface area is 112 Å². The maximum Gasteiger partial charge on any atom is 0.141 e. The maximum atomic E-state index is 9.08. The molecule has 0 saturated carbocycles. The van der Waals surface area contributed by atoms with Crippen molar-refractivity contribution in [3.05, 3.63) is 77.6 Å². The summed E-state index contributed by atoms with van der Waals surface area (Å²) in [6.07, 6.45) is 0.747. The van der Waals surface area contributed by atoms with Gasteiger partial charge in [-0.3, -0.25) is 0 Å². The quantitative estimate of drug-likeness (QED) is 0.689. The lowest BCUT2D eigenvalue weighted by Gasteiger charge is -2.06. The van der Waals surface area contributed by atoms with Crippen LogP contribution in [0.5, 0.6) is 0 Å². The zero-order valence-corrected chi connectivity index (χ0v) is 10.4. The molecule has 0 aliphatic heterocycles. The summed E-state index contributed by atoms with van der Waals surface area (Å²) in [6, 6.07) is 22.2. The minimum Gasteiger partial charge on any atom is -0.241 e. The second kappa shape index (κ2) is 4.91. The molecule has 2 aromatic carbocycles. The van der Waals surface area contributed by atoms with E-state index in [1.54, 1.807) is 0 Å². The van der Waals surface area contributed by atoms with Crippen LogP contribution in [-0.2, 0) is 6.42 Å². The Balaban J connectivity index is 2.14. The number of benzene rings is 2. The van der Waals surface area contributed by atoms with Gasteiger partial charge in [-0.15, -0.1) is 0 Å². The number of nitrogens with zero attached hydrogens (tertiary/aromatic N) is 2. The van der Waals surface area contributed by atoms with Crippen LogP contribution >= 0.6 is 0 Å². The average molecular weight is 244 g/mol. The molecule has 19 heavy (non-hydrogen) atoms. The Kier molecular flexibility index (Phi) is 2.96. The monoisotopic (exact) mass is 244 g/mol. The van der Waals surface area contributed by atoms with Crippen molar-refractivity contribution < 1.29 is 0 Å². The van der Waals surface area contributed by atoms with E-state index in [0.717, 1.165) is 22.9 Å². The fraction of sp³-hybridized carbons (Fsp3) is 0.0588. The number of rotatable bonds is 2. The molecular formula is C17H12N2. The van der Waals surface area contributed by atoms with Gasteiger partial charge >= 0.3 is 0 Å². The summed E-state index contributed by atoms with van der Waals surface area (Å²) < 4.78 is 0. The smallest absolute Gasteiger partial charge is 0.141 e. The van der Waals surface area contributed by atoms with E-state index in [1.807, 2.05) is 42.5 Å². The topological polar surface area (TPSA) is 36.7 Å². The molecule has 0 fully saturated rings. The summed E-state index contributed by atoms with van der Waals surface area (Å²) in [5.74, 6) is 0. The number of fused-ring (bicyclic) bond motifs is 1. The third-order valence-corrected chi connectivity index (χ3v) is 3.15. The van der Waals surface area contributed by atoms with Crippen molar-refractivity contribution in [1.82, 2.24) is 4.98 Å². The van der Waals surface area contributed by atoms with Crippen LogP contribution in [0.2, 0.25) is 0 Å². The molecule has 0 radical (unpaired) electrons. The largest absolute Gasteiger partial charge is 0.241 e. The minimum absolute atomic E-state index is 0.477. The van der Waals surface area contributed by atoms with E-state index < -0.39 is 0 Å². The van der Waals surface area contributed by atoms with Crippen molar-refractivity contribution in [2.24, 2.45) is 0 Å². The molecule has 1 aromatic heterocycles. The highest BCUT2D eigenvalue weighted by atomic mass is 14.7. The van der Waals surface area contributed by atoms with E-state index in [-0.39, 0.29) is 0 Å². The van der Waals surface area contributed by atoms with Gasteiger partial charge in [0.2, 0.25) is 0 Å². The number of pyridine rings is 1. The molecule has 2 heteroatoms. The molecular weight excluding hydrogens is 232 g/mol. The second-order valence-corrected chi connectivity index (χ2v) is 4.45. The molecule has 3 rings (SSSR count). The number of hydrogen-bond donors (Lipinski definition) is 0. The highest BCUT2D eigenvalue weighted by Crippen LogP contribution is 2.20. The number of nitriles is 1. The van der Waals surface area contributed by atoms with Crippen LogP contribution in [-0.4, -0.2) is 4.98 Å². The van der Waals surface area contributed by atoms with Crippen molar-refractivity contribution in [3.8, 4) is 6.07 Å². The second-order valence-electron chi connectivity index (χ2n) is 4.45. The van der Waals surface area contributed by atoms with Crippen LogP contribution in [0.25, 0.3) is 10.8 Å². The molecule has 0 unspecified atom stereocenters. The van der Waals surface area contributed by atoms with Crippen LogP contribution < -0.4 is 0 Å². The highest BCUT2D eigenvalue weighted by Gasteiger charge is 2.06. The molecule has 0 aliphatic rings. The SMILES string of the molecule is N#Cc1cc2ccccc2c(Cc2ccccc2)n1. The van der Waals surface area contributed by atoms with E-state index >= 15 is 0 Å². The van der Waals surface area contributed by atoms with E-state index in [4.69, 9.17) is 5.26 Å². The van der Waals surface area contributed by atoms with Crippen LogP contribution in [0.4, 0.5) is 0 Å². The van der Waals surface area contributed by atoms with Crippen LogP contribution in [0.15, 0.2) is 60.7 Å². The van der Waals surface area contributed by atoms with Gasteiger partial charge < -0.3 is 0 Å². The average Bonchev–Trinajstić information content (AvgIpc) is 2.48. The van der Waals surface area contributed by atoms with Crippen molar-refractivity contribution in [1.29, 1.82) is 5.26 Å². The summed E-state index contributed by atoms with van der Waals surface area (Å²) in [6.45, 7) is 0. The first-order chi connectivity index (χ1) is 9.36. The molecule has 0 aliphatic carbocycles. The number of hydrogen-bond acceptors (Lipinski definition) is 2. The lowest BCUT2D eigenvalue weighted by molar-refractivity contribution is 1.08. The van der Waals surface area contributed by atoms with Crippen LogP contribution in [0.1, 0.15) is 17.0 Å². The Bertz CT molecular complexity index is 755. The fourth-order valence-corrected chi connectivity index (χ4v) is 2.25. The van der Waals surface area contributed by atoms with Gasteiger partial charge in [-0.25, -0.2) is 4.98 Å². The van der Waals surface area contributed by atoms with Crippen molar-refractivity contribution >= 4 is 10.8 Å². The van der Waals surface area contributed by atoms with Gasteiger partial charge in [-0.2, -0.15) is 5.26 Å². The lowest BCUT2D eigenvalue weighted by atomic mass is 10.0. The van der Waals surface area contributed by atoms with E-state index in [0.29, 0.717) is 5.69 Å². The standard InChI is InChI=1S/C17H12N2/c18-12-15-11-14-8-4-5-9-16(14)17(19-15)10-13-6-2-1-3-7-13/h1-9,11H,10H2. The summed E-state index contributed by atoms with van der Waals surface area (Å²) in [5, 5.41) is 11.3. The molecule has 2 nitrogen and oxygen atoms in total. The van der Waals surface area contributed by atoms with E-state index in [9.17, 15) is 0 Å². The fourth-order valence-electron chi connectivity index (χ4n) is 2.25. The molecule has 0 atom stereocenters. The normalized spacial score (nSPS) is 10.3. The summed E-state index contributed by atoms with van der Waals surface area (Å²) in [5.41, 5.74) is 2.64. The Morgan fingerprint density at radius 1 is 0.947 bits per heavy atom. The first kappa shape index (κ1) is 11.4. The van der Waals surface area contributed by atoms with Crippen molar-refractivity contribution in [2.45, 2.75) is 6.42 Å². The van der Waals surface area contributed by atoms with Gasteiger partial charge in [0, 0.05) is 11.8 Å². The Hall–Kier alpha value is -2.66. The van der Waals surface area contributed by atoms with Gasteiger partial charge in [0.25, 0.3) is 0 Å². The molecule has 0 saturated heterocycles. The van der Waals surface area contributed by atoms with Gasteiger partial charge in [0.05, 0.1) is 5.69 Å². The van der Waals surface area contributed by atoms with Crippen molar-refractivity contribution in [2.75, 3.05) is 0 Å². The Morgan fingerprint density at radius 2 is 1.68 bits per heavy atom. The predicted octanol–water partition coefficient (Wildman–Crippen LogP) is 3.70. The van der Waals surface area contributed by atoms with E-state index in [2.05, 4.69) is 29.3 Å². The molecule has 0 amide bonds. The first-order valence-electron chi connectivity index (χ1n) is 6.19. The zero-order chi connectivity index (χ0) is 13.1.